The van der Waals surface area contributed by atoms with Gasteiger partial charge in [-0.15, -0.1) is 11.3 Å². The van der Waals surface area contributed by atoms with Crippen LogP contribution in [0.3, 0.4) is 0 Å². The monoisotopic (exact) mass is 530 g/mol. The number of alkyl carbamates (subject to hydrolysis) is 1. The highest BCUT2D eigenvalue weighted by Crippen LogP contribution is 2.31. The van der Waals surface area contributed by atoms with E-state index >= 15 is 0 Å². The van der Waals surface area contributed by atoms with Crippen LogP contribution in [0.4, 0.5) is 10.5 Å². The highest BCUT2D eigenvalue weighted by molar-refractivity contribution is 7.13. The van der Waals surface area contributed by atoms with Gasteiger partial charge in [0.25, 0.3) is 0 Å². The number of aliphatic hydroxyl groups is 1. The second-order valence-corrected chi connectivity index (χ2v) is 12.4. The molecule has 37 heavy (non-hydrogen) atoms. The summed E-state index contributed by atoms with van der Waals surface area (Å²) in [6.45, 7) is 12.7. The van der Waals surface area contributed by atoms with Crippen molar-refractivity contribution >= 4 is 34.9 Å². The van der Waals surface area contributed by atoms with Crippen LogP contribution >= 0.6 is 11.3 Å². The maximum Gasteiger partial charge on any atom is 0.408 e. The molecule has 3 amide bonds. The molecule has 0 radical (unpaired) electrons. The number of thiazole rings is 1. The maximum atomic E-state index is 13.7. The summed E-state index contributed by atoms with van der Waals surface area (Å²) in [6, 6.07) is 5.77. The van der Waals surface area contributed by atoms with Crippen molar-refractivity contribution in [3.8, 4) is 10.4 Å². The molecule has 202 valence electrons. The van der Waals surface area contributed by atoms with Crippen molar-refractivity contribution in [3.63, 3.8) is 0 Å². The van der Waals surface area contributed by atoms with Crippen molar-refractivity contribution < 1.29 is 24.2 Å². The lowest BCUT2D eigenvalue weighted by Crippen LogP contribution is -2.58. The lowest BCUT2D eigenvalue weighted by Gasteiger charge is -2.36. The van der Waals surface area contributed by atoms with Crippen LogP contribution < -0.4 is 10.2 Å². The Bertz CT molecular complexity index is 1130. The number of aryl methyl sites for hydroxylation is 1. The van der Waals surface area contributed by atoms with Gasteiger partial charge in [-0.25, -0.2) is 9.78 Å². The molecule has 1 aromatic heterocycles. The summed E-state index contributed by atoms with van der Waals surface area (Å²) in [7, 11) is 1.66. The molecule has 1 aliphatic heterocycles. The first-order chi connectivity index (χ1) is 17.1. The van der Waals surface area contributed by atoms with E-state index < -0.39 is 41.2 Å². The summed E-state index contributed by atoms with van der Waals surface area (Å²) < 4.78 is 5.36. The van der Waals surface area contributed by atoms with Gasteiger partial charge in [-0.3, -0.25) is 9.59 Å². The fraction of sp³-hybridized carbons (Fsp3) is 0.556. The maximum absolute atomic E-state index is 13.7. The zero-order valence-corrected chi connectivity index (χ0v) is 23.7. The normalized spacial score (nSPS) is 18.9. The Hall–Kier alpha value is -2.98. The Kier molecular flexibility index (Phi) is 8.34. The van der Waals surface area contributed by atoms with Gasteiger partial charge >= 0.3 is 6.09 Å². The number of likely N-dealkylation sites (N-methyl/N-ethyl adjacent to an activating group) is 1. The first-order valence-electron chi connectivity index (χ1n) is 12.3. The van der Waals surface area contributed by atoms with E-state index in [1.165, 1.54) is 9.80 Å². The predicted molar refractivity (Wildman–Crippen MR) is 144 cm³/mol. The number of anilines is 1. The molecule has 3 rings (SSSR count). The van der Waals surface area contributed by atoms with Crippen molar-refractivity contribution in [3.05, 3.63) is 35.5 Å². The molecule has 1 aromatic carbocycles. The Balaban J connectivity index is 1.80. The van der Waals surface area contributed by atoms with Crippen molar-refractivity contribution in [2.24, 2.45) is 5.41 Å². The minimum atomic E-state index is -0.949. The molecule has 0 bridgehead atoms. The number of β-amino-alcohol motifs (C(OH)–C–C–N with tert-alkyl or cyclic N) is 1. The van der Waals surface area contributed by atoms with Crippen LogP contribution in [-0.4, -0.2) is 70.3 Å². The molecule has 1 saturated heterocycles. The summed E-state index contributed by atoms with van der Waals surface area (Å²) >= 11 is 1.56. The summed E-state index contributed by atoms with van der Waals surface area (Å²) in [5.74, 6) is -0.741. The number of nitrogens with zero attached hydrogens (tertiary/aromatic N) is 3. The number of carbonyl (C=O) groups excluding carboxylic acids is 3. The molecule has 0 aliphatic carbocycles. The van der Waals surface area contributed by atoms with E-state index in [1.807, 2.05) is 52.0 Å². The Morgan fingerprint density at radius 3 is 2.30 bits per heavy atom. The molecule has 0 unspecified atom stereocenters. The van der Waals surface area contributed by atoms with Gasteiger partial charge in [0.05, 0.1) is 22.2 Å². The first-order valence-corrected chi connectivity index (χ1v) is 13.2. The number of aromatic nitrogens is 1. The lowest BCUT2D eigenvalue weighted by atomic mass is 9.85. The van der Waals surface area contributed by atoms with Crippen LogP contribution in [0.5, 0.6) is 0 Å². The molecule has 0 spiro atoms. The van der Waals surface area contributed by atoms with Crippen LogP contribution in [0, 0.1) is 12.3 Å². The standard InChI is InChI=1S/C27H38N4O5S/c1-16-21(37-15-28-16)17-9-11-18(12-10-17)30(8)23(33)20-13-19(32)14-31(20)24(34)22(26(2,3)4)29-25(35)36-27(5,6)7/h9-12,15,19-20,22,32H,13-14H2,1-8H3,(H,29,35)/t19-,20+,22-/m1/s1. The molecule has 1 aliphatic rings. The Morgan fingerprint density at radius 1 is 1.16 bits per heavy atom. The molecule has 0 saturated carbocycles. The predicted octanol–water partition coefficient (Wildman–Crippen LogP) is 3.98. The van der Waals surface area contributed by atoms with Crippen molar-refractivity contribution in [2.75, 3.05) is 18.5 Å². The van der Waals surface area contributed by atoms with Gasteiger partial charge in [-0.1, -0.05) is 32.9 Å². The van der Waals surface area contributed by atoms with Crippen LogP contribution in [0.2, 0.25) is 0 Å². The van der Waals surface area contributed by atoms with E-state index in [1.54, 1.807) is 44.7 Å². The van der Waals surface area contributed by atoms with Crippen LogP contribution in [0.15, 0.2) is 29.8 Å². The van der Waals surface area contributed by atoms with E-state index in [9.17, 15) is 19.5 Å². The second-order valence-electron chi connectivity index (χ2n) is 11.6. The molecule has 3 atom stereocenters. The summed E-state index contributed by atoms with van der Waals surface area (Å²) in [5.41, 5.74) is 3.04. The Morgan fingerprint density at radius 2 is 1.78 bits per heavy atom. The van der Waals surface area contributed by atoms with Crippen LogP contribution in [0.25, 0.3) is 10.4 Å². The van der Waals surface area contributed by atoms with Gasteiger partial charge in [0.2, 0.25) is 11.8 Å². The number of aliphatic hydroxyl groups excluding tert-OH is 1. The van der Waals surface area contributed by atoms with Crippen LogP contribution in [0.1, 0.15) is 53.7 Å². The number of hydrogen-bond donors (Lipinski definition) is 2. The molecular weight excluding hydrogens is 492 g/mol. The van der Waals surface area contributed by atoms with Crippen molar-refractivity contribution in [1.82, 2.24) is 15.2 Å². The average molecular weight is 531 g/mol. The SMILES string of the molecule is Cc1ncsc1-c1ccc(N(C)C(=O)[C@@H]2C[C@@H](O)CN2C(=O)[C@@H](NC(=O)OC(C)(C)C)C(C)(C)C)cc1. The fourth-order valence-corrected chi connectivity index (χ4v) is 5.11. The number of hydrogen-bond acceptors (Lipinski definition) is 7. The number of rotatable bonds is 5. The topological polar surface area (TPSA) is 112 Å². The van der Waals surface area contributed by atoms with E-state index in [0.29, 0.717) is 5.69 Å². The summed E-state index contributed by atoms with van der Waals surface area (Å²) in [4.78, 5) is 48.0. The minimum Gasteiger partial charge on any atom is -0.444 e. The minimum absolute atomic E-state index is 0.00918. The van der Waals surface area contributed by atoms with Gasteiger partial charge in [-0.05, 0) is 50.8 Å². The van der Waals surface area contributed by atoms with Gasteiger partial charge < -0.3 is 25.0 Å². The number of ether oxygens (including phenoxy) is 1. The van der Waals surface area contributed by atoms with E-state index in [2.05, 4.69) is 10.3 Å². The van der Waals surface area contributed by atoms with Gasteiger partial charge in [0.1, 0.15) is 17.7 Å². The smallest absolute Gasteiger partial charge is 0.408 e. The number of amides is 3. The molecule has 1 fully saturated rings. The molecule has 2 N–H and O–H groups in total. The summed E-state index contributed by atoms with van der Waals surface area (Å²) in [5, 5.41) is 13.1. The van der Waals surface area contributed by atoms with Gasteiger partial charge in [-0.2, -0.15) is 0 Å². The molecule has 2 heterocycles. The number of benzene rings is 1. The summed E-state index contributed by atoms with van der Waals surface area (Å²) in [6.07, 6.45) is -1.43. The number of carbonyl (C=O) groups is 3. The molecule has 10 heteroatoms. The highest BCUT2D eigenvalue weighted by Gasteiger charge is 2.45. The lowest BCUT2D eigenvalue weighted by molar-refractivity contribution is -0.141. The first kappa shape index (κ1) is 28.6. The second kappa shape index (κ2) is 10.8. The third-order valence-corrected chi connectivity index (χ3v) is 7.19. The van der Waals surface area contributed by atoms with Gasteiger partial charge in [0, 0.05) is 25.7 Å². The molecular formula is C27H38N4O5S. The third kappa shape index (κ3) is 6.87. The van der Waals surface area contributed by atoms with Crippen LogP contribution in [-0.2, 0) is 14.3 Å². The quantitative estimate of drug-likeness (QED) is 0.605. The van der Waals surface area contributed by atoms with E-state index in [0.717, 1.165) is 16.1 Å². The van der Waals surface area contributed by atoms with E-state index in [4.69, 9.17) is 4.74 Å². The third-order valence-electron chi connectivity index (χ3n) is 6.21. The Labute approximate surface area is 222 Å². The van der Waals surface area contributed by atoms with E-state index in [-0.39, 0.29) is 18.9 Å². The van der Waals surface area contributed by atoms with Crippen molar-refractivity contribution in [2.45, 2.75) is 78.7 Å². The van der Waals surface area contributed by atoms with Gasteiger partial charge in [0.15, 0.2) is 0 Å². The zero-order chi connectivity index (χ0) is 27.7. The zero-order valence-electron chi connectivity index (χ0n) is 22.9. The average Bonchev–Trinajstić information content (AvgIpc) is 3.39. The highest BCUT2D eigenvalue weighted by atomic mass is 32.1. The number of likely N-dealkylation sites (tertiary alicyclic amines) is 1. The largest absolute Gasteiger partial charge is 0.444 e. The number of nitrogens with one attached hydrogen (secondary N) is 1. The fourth-order valence-electron chi connectivity index (χ4n) is 4.30. The van der Waals surface area contributed by atoms with Crippen molar-refractivity contribution in [1.29, 1.82) is 0 Å². The molecule has 2 aromatic rings. The molecule has 9 nitrogen and oxygen atoms in total.